The van der Waals surface area contributed by atoms with Gasteiger partial charge in [0.25, 0.3) is 0 Å². The van der Waals surface area contributed by atoms with Crippen LogP contribution in [0.25, 0.3) is 11.3 Å². The van der Waals surface area contributed by atoms with Crippen LogP contribution in [-0.2, 0) is 4.79 Å². The van der Waals surface area contributed by atoms with Crippen LogP contribution in [-0.4, -0.2) is 27.0 Å². The third-order valence-corrected chi connectivity index (χ3v) is 6.37. The van der Waals surface area contributed by atoms with Gasteiger partial charge in [-0.25, -0.2) is 19.3 Å². The zero-order valence-corrected chi connectivity index (χ0v) is 20.0. The van der Waals surface area contributed by atoms with Crippen LogP contribution in [0.15, 0.2) is 65.8 Å². The molecule has 2 aromatic heterocycles. The quantitative estimate of drug-likeness (QED) is 0.487. The summed E-state index contributed by atoms with van der Waals surface area (Å²) in [7, 11) is 0. The lowest BCUT2D eigenvalue weighted by molar-refractivity contribution is -0.117. The molecule has 7 heteroatoms. The molecule has 4 rings (SSSR count). The molecule has 0 unspecified atom stereocenters. The Morgan fingerprint density at radius 1 is 1.29 bits per heavy atom. The number of carbonyl (C=O) groups excluding carboxylic acids is 1. The Morgan fingerprint density at radius 3 is 2.88 bits per heavy atom. The first-order valence-corrected chi connectivity index (χ1v) is 12.0. The third kappa shape index (κ3) is 5.76. The summed E-state index contributed by atoms with van der Waals surface area (Å²) in [6.45, 7) is 6.65. The highest BCUT2D eigenvalue weighted by atomic mass is 19.1. The van der Waals surface area contributed by atoms with Crippen molar-refractivity contribution in [2.75, 3.05) is 10.6 Å². The Kier molecular flexibility index (Phi) is 7.50. The minimum Gasteiger partial charge on any atom is -0.339 e. The molecule has 34 heavy (non-hydrogen) atoms. The molecular formula is C27H32FN5O. The van der Waals surface area contributed by atoms with Crippen molar-refractivity contribution in [1.29, 1.82) is 0 Å². The van der Waals surface area contributed by atoms with E-state index in [0.29, 0.717) is 23.2 Å². The van der Waals surface area contributed by atoms with E-state index in [4.69, 9.17) is 0 Å². The van der Waals surface area contributed by atoms with Gasteiger partial charge in [0.1, 0.15) is 24.1 Å². The number of allylic oxidation sites excluding steroid dienone is 5. The molecule has 0 bridgehead atoms. The number of hydrogen-bond donors (Lipinski definition) is 2. The van der Waals surface area contributed by atoms with Crippen LogP contribution in [0.2, 0.25) is 0 Å². The first-order chi connectivity index (χ1) is 16.5. The molecule has 0 radical (unpaired) electrons. The maximum Gasteiger partial charge on any atom is 0.231 e. The number of amides is 1. The molecule has 2 N–H and O–H groups in total. The van der Waals surface area contributed by atoms with Crippen LogP contribution >= 0.6 is 0 Å². The fraction of sp³-hybridized carbons (Fsp3) is 0.407. The van der Waals surface area contributed by atoms with Gasteiger partial charge in [-0.15, -0.1) is 0 Å². The highest BCUT2D eigenvalue weighted by molar-refractivity contribution is 5.94. The fourth-order valence-corrected chi connectivity index (χ4v) is 4.22. The van der Waals surface area contributed by atoms with Crippen LogP contribution in [0.5, 0.6) is 0 Å². The summed E-state index contributed by atoms with van der Waals surface area (Å²) in [6.07, 6.45) is 13.4. The van der Waals surface area contributed by atoms with Gasteiger partial charge in [-0.3, -0.25) is 4.79 Å². The van der Waals surface area contributed by atoms with Gasteiger partial charge >= 0.3 is 0 Å². The van der Waals surface area contributed by atoms with Gasteiger partial charge in [0.05, 0.1) is 11.6 Å². The van der Waals surface area contributed by atoms with Gasteiger partial charge in [-0.05, 0) is 62.3 Å². The Hall–Kier alpha value is -3.35. The Balaban J connectivity index is 1.60. The molecule has 6 nitrogen and oxygen atoms in total. The topological polar surface area (TPSA) is 79.8 Å². The van der Waals surface area contributed by atoms with E-state index in [1.165, 1.54) is 24.7 Å². The summed E-state index contributed by atoms with van der Waals surface area (Å²) >= 11 is 0. The number of nitrogens with one attached hydrogen (secondary N) is 2. The molecule has 1 saturated carbocycles. The number of pyridine rings is 1. The molecular weight excluding hydrogens is 429 g/mol. The zero-order valence-electron chi connectivity index (χ0n) is 20.0. The lowest BCUT2D eigenvalue weighted by Gasteiger charge is -2.19. The molecule has 1 fully saturated rings. The summed E-state index contributed by atoms with van der Waals surface area (Å²) in [6, 6.07) is 5.46. The molecule has 2 heterocycles. The number of alkyl halides is 1. The van der Waals surface area contributed by atoms with Gasteiger partial charge in [0.2, 0.25) is 5.91 Å². The number of rotatable bonds is 8. The standard InChI is InChI=1S/C27H32FN5O/c1-4-8-17(2)19-9-5-6-11-23(18(3)13-19)32-26-20(10-7-12-29-26)24-15-25(31-16-30-24)33-27(34)21-14-22(21)28/h6-7,10-13,15-17,21-22H,4-5,8-9,14H2,1-3H3,(H,29,32)(H,30,31,33,34)/b11-6-,19-13+,23-18+/t17-,21+,22-/m1/s1. The van der Waals surface area contributed by atoms with E-state index >= 15 is 0 Å². The predicted molar refractivity (Wildman–Crippen MR) is 134 cm³/mol. The van der Waals surface area contributed by atoms with Crippen molar-refractivity contribution in [3.63, 3.8) is 0 Å². The maximum atomic E-state index is 13.2. The smallest absolute Gasteiger partial charge is 0.231 e. The first-order valence-electron chi connectivity index (χ1n) is 12.0. The van der Waals surface area contributed by atoms with E-state index in [2.05, 4.69) is 64.6 Å². The normalized spacial score (nSPS) is 25.4. The monoisotopic (exact) mass is 461 g/mol. The van der Waals surface area contributed by atoms with Gasteiger partial charge in [-0.2, -0.15) is 0 Å². The van der Waals surface area contributed by atoms with Crippen LogP contribution in [0.4, 0.5) is 16.0 Å². The van der Waals surface area contributed by atoms with Crippen molar-refractivity contribution in [1.82, 2.24) is 15.0 Å². The molecule has 2 aromatic rings. The van der Waals surface area contributed by atoms with Crippen molar-refractivity contribution in [3.05, 3.63) is 65.8 Å². The Labute approximate surface area is 200 Å². The van der Waals surface area contributed by atoms with Gasteiger partial charge in [-0.1, -0.05) is 38.0 Å². The van der Waals surface area contributed by atoms with E-state index in [0.717, 1.165) is 29.7 Å². The molecule has 1 amide bonds. The van der Waals surface area contributed by atoms with Gasteiger partial charge in [0.15, 0.2) is 0 Å². The summed E-state index contributed by atoms with van der Waals surface area (Å²) in [4.78, 5) is 25.2. The first kappa shape index (κ1) is 23.8. The van der Waals surface area contributed by atoms with Crippen LogP contribution in [0.3, 0.4) is 0 Å². The van der Waals surface area contributed by atoms with E-state index in [9.17, 15) is 9.18 Å². The lowest BCUT2D eigenvalue weighted by Crippen LogP contribution is -2.16. The highest BCUT2D eigenvalue weighted by Crippen LogP contribution is 2.35. The van der Waals surface area contributed by atoms with Crippen LogP contribution in [0, 0.1) is 11.8 Å². The second-order valence-electron chi connectivity index (χ2n) is 9.11. The van der Waals surface area contributed by atoms with E-state index < -0.39 is 12.1 Å². The van der Waals surface area contributed by atoms with Gasteiger partial charge < -0.3 is 10.6 Å². The minimum atomic E-state index is -1.05. The third-order valence-electron chi connectivity index (χ3n) is 6.37. The second kappa shape index (κ2) is 10.7. The molecule has 3 atom stereocenters. The summed E-state index contributed by atoms with van der Waals surface area (Å²) in [5, 5.41) is 6.19. The fourth-order valence-electron chi connectivity index (χ4n) is 4.22. The SMILES string of the molecule is CCC[C@@H](C)/C1=C/C(C)=C(Nc2ncccc2-c2cc(NC(=O)[C@H]3C[C@H]3F)ncn2)\C=C/CC1. The Bertz CT molecular complexity index is 1140. The molecule has 0 saturated heterocycles. The van der Waals surface area contributed by atoms with Crippen LogP contribution in [0.1, 0.15) is 52.9 Å². The summed E-state index contributed by atoms with van der Waals surface area (Å²) in [5.41, 5.74) is 5.04. The number of hydrogen-bond acceptors (Lipinski definition) is 5. The number of nitrogens with zero attached hydrogens (tertiary/aromatic N) is 3. The van der Waals surface area contributed by atoms with Crippen molar-refractivity contribution in [2.24, 2.45) is 11.8 Å². The Morgan fingerprint density at radius 2 is 2.12 bits per heavy atom. The maximum absolute atomic E-state index is 13.2. The summed E-state index contributed by atoms with van der Waals surface area (Å²) in [5.74, 6) is 0.661. The predicted octanol–water partition coefficient (Wildman–Crippen LogP) is 6.23. The van der Waals surface area contributed by atoms with Crippen LogP contribution < -0.4 is 10.6 Å². The van der Waals surface area contributed by atoms with E-state index in [-0.39, 0.29) is 12.3 Å². The van der Waals surface area contributed by atoms with Crippen molar-refractivity contribution in [3.8, 4) is 11.3 Å². The molecule has 178 valence electrons. The van der Waals surface area contributed by atoms with E-state index in [1.54, 1.807) is 12.3 Å². The summed E-state index contributed by atoms with van der Waals surface area (Å²) < 4.78 is 13.2. The number of anilines is 2. The van der Waals surface area contributed by atoms with Crippen molar-refractivity contribution < 1.29 is 9.18 Å². The lowest BCUT2D eigenvalue weighted by atomic mass is 9.90. The van der Waals surface area contributed by atoms with Gasteiger partial charge in [0, 0.05) is 23.5 Å². The minimum absolute atomic E-state index is 0.274. The van der Waals surface area contributed by atoms with E-state index in [1.807, 2.05) is 12.1 Å². The molecule has 2 aliphatic carbocycles. The molecule has 0 spiro atoms. The number of aromatic nitrogens is 3. The zero-order chi connectivity index (χ0) is 24.1. The molecule has 0 aromatic carbocycles. The number of carbonyl (C=O) groups is 1. The highest BCUT2D eigenvalue weighted by Gasteiger charge is 2.43. The molecule has 0 aliphatic heterocycles. The van der Waals surface area contributed by atoms with Crippen molar-refractivity contribution in [2.45, 2.75) is 59.0 Å². The second-order valence-corrected chi connectivity index (χ2v) is 9.11. The van der Waals surface area contributed by atoms with Crippen molar-refractivity contribution >= 4 is 17.5 Å². The molecule has 2 aliphatic rings. The number of halogens is 1. The largest absolute Gasteiger partial charge is 0.339 e. The average molecular weight is 462 g/mol. The average Bonchev–Trinajstić information content (AvgIpc) is 3.56.